The Morgan fingerprint density at radius 1 is 1.03 bits per heavy atom. The fraction of sp³-hybridized carbons (Fsp3) is 0.160. The maximum Gasteiger partial charge on any atom is 0.338 e. The quantitative estimate of drug-likeness (QED) is 0.430. The molecule has 0 spiro atoms. The van der Waals surface area contributed by atoms with Gasteiger partial charge in [-0.25, -0.2) is 9.78 Å². The topological polar surface area (TPSA) is 102 Å². The number of carbonyl (C=O) groups excluding carboxylic acids is 2. The lowest BCUT2D eigenvalue weighted by molar-refractivity contribution is 0.0472. The van der Waals surface area contributed by atoms with Crippen molar-refractivity contribution in [2.45, 2.75) is 26.5 Å². The SMILES string of the molecule is CC(C)NC(=O)c1cccc2nc(-c3ccc(COC(=O)c4ccc(O)cc4)cc3)oc12. The van der Waals surface area contributed by atoms with Crippen LogP contribution in [0.1, 0.15) is 40.1 Å². The van der Waals surface area contributed by atoms with Gasteiger partial charge < -0.3 is 19.6 Å². The fourth-order valence-electron chi connectivity index (χ4n) is 3.16. The Morgan fingerprint density at radius 3 is 2.44 bits per heavy atom. The zero-order valence-electron chi connectivity index (χ0n) is 17.7. The zero-order valence-corrected chi connectivity index (χ0v) is 17.7. The standard InChI is InChI=1S/C25H22N2O5/c1-15(2)26-23(29)20-4-3-5-21-22(20)32-24(27-21)17-8-6-16(7-9-17)14-31-25(30)18-10-12-19(28)13-11-18/h3-13,15,28H,14H2,1-2H3,(H,26,29). The van der Waals surface area contributed by atoms with E-state index in [9.17, 15) is 14.7 Å². The summed E-state index contributed by atoms with van der Waals surface area (Å²) >= 11 is 0. The maximum atomic E-state index is 12.5. The second-order valence-electron chi connectivity index (χ2n) is 7.62. The molecule has 1 amide bonds. The van der Waals surface area contributed by atoms with E-state index in [1.807, 2.05) is 38.1 Å². The summed E-state index contributed by atoms with van der Waals surface area (Å²) in [5.74, 6) is -0.194. The predicted octanol–water partition coefficient (Wildman–Crippen LogP) is 4.70. The third-order valence-electron chi connectivity index (χ3n) is 4.75. The van der Waals surface area contributed by atoms with Crippen molar-refractivity contribution in [1.82, 2.24) is 10.3 Å². The van der Waals surface area contributed by atoms with E-state index in [0.717, 1.165) is 11.1 Å². The lowest BCUT2D eigenvalue weighted by Gasteiger charge is -2.07. The van der Waals surface area contributed by atoms with Gasteiger partial charge in [-0.1, -0.05) is 18.2 Å². The number of amides is 1. The first-order valence-electron chi connectivity index (χ1n) is 10.2. The summed E-state index contributed by atoms with van der Waals surface area (Å²) in [6.07, 6.45) is 0. The Morgan fingerprint density at radius 2 is 1.75 bits per heavy atom. The average Bonchev–Trinajstić information content (AvgIpc) is 3.22. The molecular weight excluding hydrogens is 408 g/mol. The molecule has 0 bridgehead atoms. The summed E-state index contributed by atoms with van der Waals surface area (Å²) in [5.41, 5.74) is 3.38. The molecule has 0 aliphatic rings. The highest BCUT2D eigenvalue weighted by Gasteiger charge is 2.17. The summed E-state index contributed by atoms with van der Waals surface area (Å²) in [5, 5.41) is 12.2. The van der Waals surface area contributed by atoms with Crippen molar-refractivity contribution in [3.63, 3.8) is 0 Å². The minimum atomic E-state index is -0.472. The van der Waals surface area contributed by atoms with Gasteiger partial charge in [-0.3, -0.25) is 4.79 Å². The molecule has 3 aromatic carbocycles. The van der Waals surface area contributed by atoms with Gasteiger partial charge in [-0.15, -0.1) is 0 Å². The number of ether oxygens (including phenoxy) is 1. The normalized spacial score (nSPS) is 11.0. The summed E-state index contributed by atoms with van der Waals surface area (Å²) in [6.45, 7) is 3.90. The van der Waals surface area contributed by atoms with Gasteiger partial charge >= 0.3 is 5.97 Å². The van der Waals surface area contributed by atoms with Crippen LogP contribution in [0, 0.1) is 0 Å². The molecule has 0 saturated heterocycles. The summed E-state index contributed by atoms with van der Waals surface area (Å²) in [7, 11) is 0. The lowest BCUT2D eigenvalue weighted by atomic mass is 10.1. The number of phenolic OH excluding ortho intramolecular Hbond substituents is 1. The monoisotopic (exact) mass is 430 g/mol. The molecule has 0 fully saturated rings. The summed E-state index contributed by atoms with van der Waals surface area (Å²) in [6, 6.07) is 18.4. The number of phenols is 1. The van der Waals surface area contributed by atoms with Gasteiger partial charge in [0, 0.05) is 11.6 Å². The average molecular weight is 430 g/mol. The molecule has 4 aromatic rings. The Kier molecular flexibility index (Phi) is 5.89. The van der Waals surface area contributed by atoms with E-state index in [2.05, 4.69) is 10.3 Å². The summed E-state index contributed by atoms with van der Waals surface area (Å²) < 4.78 is 11.2. The highest BCUT2D eigenvalue weighted by molar-refractivity contribution is 6.04. The van der Waals surface area contributed by atoms with Gasteiger partial charge in [0.15, 0.2) is 5.58 Å². The van der Waals surface area contributed by atoms with Crippen LogP contribution in [0.2, 0.25) is 0 Å². The van der Waals surface area contributed by atoms with E-state index >= 15 is 0 Å². The highest BCUT2D eigenvalue weighted by atomic mass is 16.5. The third-order valence-corrected chi connectivity index (χ3v) is 4.75. The number of nitrogens with one attached hydrogen (secondary N) is 1. The van der Waals surface area contributed by atoms with Gasteiger partial charge in [0.05, 0.1) is 11.1 Å². The van der Waals surface area contributed by atoms with E-state index < -0.39 is 5.97 Å². The molecular formula is C25H22N2O5. The maximum absolute atomic E-state index is 12.5. The second kappa shape index (κ2) is 8.93. The van der Waals surface area contributed by atoms with Crippen LogP contribution in [0.4, 0.5) is 0 Å². The van der Waals surface area contributed by atoms with Crippen molar-refractivity contribution in [2.75, 3.05) is 0 Å². The van der Waals surface area contributed by atoms with E-state index in [1.54, 1.807) is 18.2 Å². The third kappa shape index (κ3) is 4.62. The van der Waals surface area contributed by atoms with E-state index in [1.165, 1.54) is 24.3 Å². The van der Waals surface area contributed by atoms with E-state index in [-0.39, 0.29) is 24.3 Å². The molecule has 7 nitrogen and oxygen atoms in total. The number of nitrogens with zero attached hydrogens (tertiary/aromatic N) is 1. The molecule has 0 saturated carbocycles. The molecule has 1 heterocycles. The number of aromatic hydroxyl groups is 1. The minimum Gasteiger partial charge on any atom is -0.508 e. The molecule has 0 atom stereocenters. The molecule has 4 rings (SSSR count). The van der Waals surface area contributed by atoms with Crippen LogP contribution < -0.4 is 5.32 Å². The Balaban J connectivity index is 1.48. The molecule has 1 aromatic heterocycles. The van der Waals surface area contributed by atoms with Crippen LogP contribution in [0.15, 0.2) is 71.1 Å². The molecule has 7 heteroatoms. The number of fused-ring (bicyclic) bond motifs is 1. The van der Waals surface area contributed by atoms with Crippen LogP contribution >= 0.6 is 0 Å². The van der Waals surface area contributed by atoms with Crippen LogP contribution in [0.5, 0.6) is 5.75 Å². The van der Waals surface area contributed by atoms with Gasteiger partial charge in [0.1, 0.15) is 17.9 Å². The summed E-state index contributed by atoms with van der Waals surface area (Å²) in [4.78, 5) is 29.1. The second-order valence-corrected chi connectivity index (χ2v) is 7.62. The first-order chi connectivity index (χ1) is 15.4. The van der Waals surface area contributed by atoms with Crippen molar-refractivity contribution < 1.29 is 23.8 Å². The largest absolute Gasteiger partial charge is 0.508 e. The Labute approximate surface area is 184 Å². The van der Waals surface area contributed by atoms with Crippen molar-refractivity contribution in [3.8, 4) is 17.2 Å². The molecule has 2 N–H and O–H groups in total. The first kappa shape index (κ1) is 21.1. The molecule has 0 unspecified atom stereocenters. The number of oxazole rings is 1. The molecule has 162 valence electrons. The first-order valence-corrected chi connectivity index (χ1v) is 10.2. The number of rotatable bonds is 6. The zero-order chi connectivity index (χ0) is 22.7. The van der Waals surface area contributed by atoms with Crippen molar-refractivity contribution in [1.29, 1.82) is 0 Å². The van der Waals surface area contributed by atoms with Crippen LogP contribution in [0.25, 0.3) is 22.6 Å². The van der Waals surface area contributed by atoms with Crippen molar-refractivity contribution in [2.24, 2.45) is 0 Å². The lowest BCUT2D eigenvalue weighted by Crippen LogP contribution is -2.30. The van der Waals surface area contributed by atoms with Gasteiger partial charge in [-0.2, -0.15) is 0 Å². The van der Waals surface area contributed by atoms with Crippen molar-refractivity contribution >= 4 is 23.0 Å². The number of esters is 1. The smallest absolute Gasteiger partial charge is 0.338 e. The van der Waals surface area contributed by atoms with Gasteiger partial charge in [-0.05, 0) is 67.9 Å². The fourth-order valence-corrected chi connectivity index (χ4v) is 3.16. The van der Waals surface area contributed by atoms with Gasteiger partial charge in [0.2, 0.25) is 5.89 Å². The van der Waals surface area contributed by atoms with Crippen LogP contribution in [-0.4, -0.2) is 28.0 Å². The van der Waals surface area contributed by atoms with E-state index in [4.69, 9.17) is 9.15 Å². The Bertz CT molecular complexity index is 1260. The molecule has 0 aliphatic carbocycles. The predicted molar refractivity (Wildman–Crippen MR) is 119 cm³/mol. The number of para-hydroxylation sites is 1. The van der Waals surface area contributed by atoms with Gasteiger partial charge in [0.25, 0.3) is 5.91 Å². The minimum absolute atomic E-state index is 0.0100. The molecule has 32 heavy (non-hydrogen) atoms. The number of benzene rings is 3. The number of hydrogen-bond acceptors (Lipinski definition) is 6. The van der Waals surface area contributed by atoms with Crippen LogP contribution in [-0.2, 0) is 11.3 Å². The number of aromatic nitrogens is 1. The number of hydrogen-bond donors (Lipinski definition) is 2. The Hall–Kier alpha value is -4.13. The highest BCUT2D eigenvalue weighted by Crippen LogP contribution is 2.27. The van der Waals surface area contributed by atoms with E-state index in [0.29, 0.717) is 28.1 Å². The number of carbonyl (C=O) groups is 2. The molecule has 0 radical (unpaired) electrons. The van der Waals surface area contributed by atoms with Crippen molar-refractivity contribution in [3.05, 3.63) is 83.4 Å². The van der Waals surface area contributed by atoms with Crippen LogP contribution in [0.3, 0.4) is 0 Å². The molecule has 0 aliphatic heterocycles.